The van der Waals surface area contributed by atoms with Gasteiger partial charge in [0.15, 0.2) is 0 Å². The lowest BCUT2D eigenvalue weighted by Crippen LogP contribution is -2.45. The van der Waals surface area contributed by atoms with E-state index in [-0.39, 0.29) is 5.91 Å². The molecule has 3 atom stereocenters. The molecule has 6 heteroatoms. The number of carbonyl (C=O) groups excluding carboxylic acids is 2. The van der Waals surface area contributed by atoms with Crippen molar-refractivity contribution in [2.45, 2.75) is 25.3 Å². The Hall–Kier alpha value is -1.85. The van der Waals surface area contributed by atoms with Gasteiger partial charge in [-0.25, -0.2) is 4.79 Å². The molecule has 0 bridgehead atoms. The zero-order valence-electron chi connectivity index (χ0n) is 9.80. The summed E-state index contributed by atoms with van der Waals surface area (Å²) in [6.07, 6.45) is 4.76. The van der Waals surface area contributed by atoms with Gasteiger partial charge >= 0.3 is 11.9 Å². The van der Waals surface area contributed by atoms with Crippen molar-refractivity contribution in [3.05, 3.63) is 12.2 Å². The number of ether oxygens (including phenoxy) is 1. The van der Waals surface area contributed by atoms with Gasteiger partial charge in [-0.15, -0.1) is 0 Å². The molecule has 0 saturated carbocycles. The molecule has 2 N–H and O–H groups in total. The van der Waals surface area contributed by atoms with Crippen LogP contribution in [0.5, 0.6) is 0 Å². The second-order valence-electron chi connectivity index (χ2n) is 4.51. The number of amides is 1. The van der Waals surface area contributed by atoms with E-state index >= 15 is 0 Å². The fourth-order valence-electron chi connectivity index (χ4n) is 2.28. The van der Waals surface area contributed by atoms with Gasteiger partial charge in [0.1, 0.15) is 6.04 Å². The minimum atomic E-state index is -0.978. The SMILES string of the molecule is O=C1OCCC1NC(=O)C1CC=CCC1C(=O)O. The maximum absolute atomic E-state index is 12.0. The number of esters is 1. The van der Waals surface area contributed by atoms with Crippen molar-refractivity contribution in [3.63, 3.8) is 0 Å². The van der Waals surface area contributed by atoms with Crippen molar-refractivity contribution in [2.75, 3.05) is 6.61 Å². The fraction of sp³-hybridized carbons (Fsp3) is 0.583. The Morgan fingerprint density at radius 1 is 1.28 bits per heavy atom. The average Bonchev–Trinajstić information content (AvgIpc) is 2.75. The fourth-order valence-corrected chi connectivity index (χ4v) is 2.28. The van der Waals surface area contributed by atoms with Crippen molar-refractivity contribution in [2.24, 2.45) is 11.8 Å². The number of carboxylic acid groups (broad SMARTS) is 1. The van der Waals surface area contributed by atoms with Gasteiger partial charge in [-0.05, 0) is 12.8 Å². The molecule has 0 radical (unpaired) electrons. The third kappa shape index (κ3) is 2.52. The Balaban J connectivity index is 2.00. The molecule has 1 fully saturated rings. The van der Waals surface area contributed by atoms with Crippen molar-refractivity contribution in [1.29, 1.82) is 0 Å². The first-order valence-corrected chi connectivity index (χ1v) is 5.94. The molecule has 1 aliphatic heterocycles. The molecule has 0 aromatic heterocycles. The first kappa shape index (κ1) is 12.6. The summed E-state index contributed by atoms with van der Waals surface area (Å²) in [7, 11) is 0. The summed E-state index contributed by atoms with van der Waals surface area (Å²) >= 11 is 0. The molecule has 0 spiro atoms. The lowest BCUT2D eigenvalue weighted by molar-refractivity contribution is -0.148. The smallest absolute Gasteiger partial charge is 0.328 e. The van der Waals surface area contributed by atoms with Gasteiger partial charge in [-0.1, -0.05) is 12.2 Å². The lowest BCUT2D eigenvalue weighted by Gasteiger charge is -2.25. The molecule has 18 heavy (non-hydrogen) atoms. The largest absolute Gasteiger partial charge is 0.481 e. The normalized spacial score (nSPS) is 30.9. The van der Waals surface area contributed by atoms with E-state index < -0.39 is 29.8 Å². The minimum Gasteiger partial charge on any atom is -0.481 e. The van der Waals surface area contributed by atoms with Gasteiger partial charge in [-0.2, -0.15) is 0 Å². The van der Waals surface area contributed by atoms with E-state index in [9.17, 15) is 14.4 Å². The van der Waals surface area contributed by atoms with E-state index in [1.165, 1.54) is 0 Å². The van der Waals surface area contributed by atoms with Crippen LogP contribution in [-0.4, -0.2) is 35.6 Å². The summed E-state index contributed by atoms with van der Waals surface area (Å²) < 4.78 is 4.74. The van der Waals surface area contributed by atoms with Crippen LogP contribution < -0.4 is 5.32 Å². The van der Waals surface area contributed by atoms with Gasteiger partial charge in [0.05, 0.1) is 18.4 Å². The molecule has 98 valence electrons. The number of aliphatic carboxylic acids is 1. The monoisotopic (exact) mass is 253 g/mol. The Bertz CT molecular complexity index is 403. The second-order valence-corrected chi connectivity index (χ2v) is 4.51. The quantitative estimate of drug-likeness (QED) is 0.549. The Kier molecular flexibility index (Phi) is 3.64. The number of cyclic esters (lactones) is 1. The zero-order valence-corrected chi connectivity index (χ0v) is 9.80. The van der Waals surface area contributed by atoms with Gasteiger partial charge < -0.3 is 15.2 Å². The van der Waals surface area contributed by atoms with Crippen LogP contribution >= 0.6 is 0 Å². The molecular weight excluding hydrogens is 238 g/mol. The number of nitrogens with one attached hydrogen (secondary N) is 1. The van der Waals surface area contributed by atoms with Gasteiger partial charge in [0.25, 0.3) is 0 Å². The van der Waals surface area contributed by atoms with Crippen molar-refractivity contribution < 1.29 is 24.2 Å². The molecule has 1 aliphatic carbocycles. The number of rotatable bonds is 3. The van der Waals surface area contributed by atoms with Crippen molar-refractivity contribution in [1.82, 2.24) is 5.32 Å². The van der Waals surface area contributed by atoms with Crippen LogP contribution in [0.4, 0.5) is 0 Å². The van der Waals surface area contributed by atoms with Crippen molar-refractivity contribution in [3.8, 4) is 0 Å². The highest BCUT2D eigenvalue weighted by Crippen LogP contribution is 2.26. The van der Waals surface area contributed by atoms with E-state index in [0.29, 0.717) is 25.9 Å². The summed E-state index contributed by atoms with van der Waals surface area (Å²) in [5.74, 6) is -3.13. The molecule has 3 unspecified atom stereocenters. The van der Waals surface area contributed by atoms with E-state index in [2.05, 4.69) is 5.32 Å². The summed E-state index contributed by atoms with van der Waals surface area (Å²) in [5.41, 5.74) is 0. The molecule has 1 saturated heterocycles. The highest BCUT2D eigenvalue weighted by molar-refractivity contribution is 5.89. The standard InChI is InChI=1S/C12H15NO5/c14-10(13-9-5-6-18-12(9)17)7-3-1-2-4-8(7)11(15)16/h1-2,7-9H,3-6H2,(H,13,14)(H,15,16). The van der Waals surface area contributed by atoms with Gasteiger partial charge in [0, 0.05) is 6.42 Å². The topological polar surface area (TPSA) is 92.7 Å². The third-order valence-corrected chi connectivity index (χ3v) is 3.34. The van der Waals surface area contributed by atoms with E-state index in [0.717, 1.165) is 0 Å². The van der Waals surface area contributed by atoms with Gasteiger partial charge in [0.2, 0.25) is 5.91 Å². The summed E-state index contributed by atoms with van der Waals surface area (Å²) in [6, 6.07) is -0.627. The van der Waals surface area contributed by atoms with E-state index in [1.807, 2.05) is 0 Å². The van der Waals surface area contributed by atoms with Crippen LogP contribution in [-0.2, 0) is 19.1 Å². The first-order chi connectivity index (χ1) is 8.59. The third-order valence-electron chi connectivity index (χ3n) is 3.34. The summed E-state index contributed by atoms with van der Waals surface area (Å²) in [6.45, 7) is 0.302. The zero-order chi connectivity index (χ0) is 13.1. The predicted molar refractivity (Wildman–Crippen MR) is 60.5 cm³/mol. The number of carboxylic acids is 1. The summed E-state index contributed by atoms with van der Waals surface area (Å²) in [5, 5.41) is 11.6. The predicted octanol–water partition coefficient (Wildman–Crippen LogP) is 0.0851. The van der Waals surface area contributed by atoms with Crippen LogP contribution in [0.1, 0.15) is 19.3 Å². The highest BCUT2D eigenvalue weighted by atomic mass is 16.5. The number of hydrogen-bond donors (Lipinski definition) is 2. The maximum Gasteiger partial charge on any atom is 0.328 e. The molecular formula is C12H15NO5. The summed E-state index contributed by atoms with van der Waals surface area (Å²) in [4.78, 5) is 34.3. The average molecular weight is 253 g/mol. The van der Waals surface area contributed by atoms with Crippen LogP contribution in [0.2, 0.25) is 0 Å². The van der Waals surface area contributed by atoms with Crippen LogP contribution in [0.3, 0.4) is 0 Å². The minimum absolute atomic E-state index is 0.302. The molecule has 2 aliphatic rings. The van der Waals surface area contributed by atoms with Gasteiger partial charge in [-0.3, -0.25) is 9.59 Å². The number of hydrogen-bond acceptors (Lipinski definition) is 4. The Morgan fingerprint density at radius 3 is 2.50 bits per heavy atom. The number of allylic oxidation sites excluding steroid dienone is 2. The van der Waals surface area contributed by atoms with E-state index in [1.54, 1.807) is 12.2 Å². The lowest BCUT2D eigenvalue weighted by atomic mass is 9.82. The molecule has 1 amide bonds. The molecule has 2 rings (SSSR count). The molecule has 1 heterocycles. The van der Waals surface area contributed by atoms with E-state index in [4.69, 9.17) is 9.84 Å². The van der Waals surface area contributed by atoms with Crippen LogP contribution in [0.15, 0.2) is 12.2 Å². The Labute approximate surface area is 104 Å². The van der Waals surface area contributed by atoms with Crippen LogP contribution in [0.25, 0.3) is 0 Å². The molecule has 0 aromatic rings. The second kappa shape index (κ2) is 5.20. The molecule has 6 nitrogen and oxygen atoms in total. The first-order valence-electron chi connectivity index (χ1n) is 5.94. The molecule has 0 aromatic carbocycles. The van der Waals surface area contributed by atoms with Crippen LogP contribution in [0, 0.1) is 11.8 Å². The van der Waals surface area contributed by atoms with Crippen molar-refractivity contribution >= 4 is 17.8 Å². The highest BCUT2D eigenvalue weighted by Gasteiger charge is 2.36. The number of carbonyl (C=O) groups is 3. The Morgan fingerprint density at radius 2 is 1.94 bits per heavy atom. The maximum atomic E-state index is 12.0.